The highest BCUT2D eigenvalue weighted by Crippen LogP contribution is 2.70. The van der Waals surface area contributed by atoms with Crippen molar-refractivity contribution in [2.45, 2.75) is 65.4 Å². The zero-order valence-electron chi connectivity index (χ0n) is 12.3. The van der Waals surface area contributed by atoms with Gasteiger partial charge >= 0.3 is 11.9 Å². The van der Waals surface area contributed by atoms with Gasteiger partial charge in [0.15, 0.2) is 0 Å². The summed E-state index contributed by atoms with van der Waals surface area (Å²) >= 11 is 0. The third-order valence-electron chi connectivity index (χ3n) is 5.86. The Morgan fingerprint density at radius 2 is 1.95 bits per heavy atom. The largest absolute Gasteiger partial charge is 0.481 e. The van der Waals surface area contributed by atoms with Crippen LogP contribution in [0.1, 0.15) is 59.8 Å². The lowest BCUT2D eigenvalue weighted by Gasteiger charge is -2.53. The Balaban J connectivity index is 2.31. The number of carbonyl (C=O) groups excluding carboxylic acids is 1. The molecule has 4 nitrogen and oxygen atoms in total. The summed E-state index contributed by atoms with van der Waals surface area (Å²) in [5, 5.41) is 8.74. The predicted molar refractivity (Wildman–Crippen MR) is 70.6 cm³/mol. The molecule has 0 aromatic carbocycles. The Bertz CT molecular complexity index is 408. The van der Waals surface area contributed by atoms with E-state index in [1.807, 2.05) is 6.92 Å². The lowest BCUT2D eigenvalue weighted by atomic mass is 9.59. The summed E-state index contributed by atoms with van der Waals surface area (Å²) in [6.45, 7) is 8.57. The number of esters is 1. The minimum absolute atomic E-state index is 0.00984. The molecule has 2 bridgehead atoms. The highest BCUT2D eigenvalue weighted by molar-refractivity contribution is 5.90. The molecule has 0 aliphatic heterocycles. The fourth-order valence-electron chi connectivity index (χ4n) is 4.89. The van der Waals surface area contributed by atoms with E-state index in [0.717, 1.165) is 19.3 Å². The van der Waals surface area contributed by atoms with Gasteiger partial charge in [-0.15, -0.1) is 0 Å². The van der Waals surface area contributed by atoms with Crippen LogP contribution in [0.4, 0.5) is 0 Å². The van der Waals surface area contributed by atoms with E-state index in [2.05, 4.69) is 20.8 Å². The summed E-state index contributed by atoms with van der Waals surface area (Å²) in [6, 6.07) is 0. The topological polar surface area (TPSA) is 63.6 Å². The van der Waals surface area contributed by atoms with E-state index in [0.29, 0.717) is 5.92 Å². The van der Waals surface area contributed by atoms with Crippen LogP contribution in [0.2, 0.25) is 0 Å². The molecule has 2 rings (SSSR count). The molecule has 2 aliphatic carbocycles. The van der Waals surface area contributed by atoms with Crippen molar-refractivity contribution in [3.05, 3.63) is 0 Å². The Hall–Kier alpha value is -1.06. The van der Waals surface area contributed by atoms with Crippen LogP contribution >= 0.6 is 0 Å². The van der Waals surface area contributed by atoms with Crippen LogP contribution in [0.15, 0.2) is 0 Å². The number of carboxylic acid groups (broad SMARTS) is 1. The molecule has 0 spiro atoms. The molecule has 3 unspecified atom stereocenters. The van der Waals surface area contributed by atoms with E-state index >= 15 is 0 Å². The number of aliphatic carboxylic acids is 1. The Morgan fingerprint density at radius 3 is 2.37 bits per heavy atom. The maximum atomic E-state index is 11.9. The van der Waals surface area contributed by atoms with Gasteiger partial charge in [-0.25, -0.2) is 0 Å². The van der Waals surface area contributed by atoms with Gasteiger partial charge in [0.05, 0.1) is 0 Å². The Kier molecular flexibility index (Phi) is 3.19. The molecule has 2 aliphatic rings. The van der Waals surface area contributed by atoms with Crippen LogP contribution in [-0.2, 0) is 14.3 Å². The lowest BCUT2D eigenvalue weighted by molar-refractivity contribution is -0.201. The highest BCUT2D eigenvalue weighted by Gasteiger charge is 2.70. The molecule has 19 heavy (non-hydrogen) atoms. The molecule has 1 N–H and O–H groups in total. The molecule has 2 fully saturated rings. The number of rotatable bonds is 4. The molecule has 0 radical (unpaired) electrons. The van der Waals surface area contributed by atoms with Gasteiger partial charge in [0, 0.05) is 10.8 Å². The van der Waals surface area contributed by atoms with Crippen LogP contribution < -0.4 is 0 Å². The van der Waals surface area contributed by atoms with Crippen molar-refractivity contribution >= 4 is 11.9 Å². The van der Waals surface area contributed by atoms with Gasteiger partial charge in [-0.1, -0.05) is 27.7 Å². The molecule has 4 heteroatoms. The Labute approximate surface area is 114 Å². The van der Waals surface area contributed by atoms with Gasteiger partial charge in [-0.05, 0) is 31.6 Å². The molecule has 0 saturated heterocycles. The molecule has 108 valence electrons. The number of hydrogen-bond donors (Lipinski definition) is 1. The Morgan fingerprint density at radius 1 is 1.32 bits per heavy atom. The lowest BCUT2D eigenvalue weighted by Crippen LogP contribution is -2.56. The molecule has 0 heterocycles. The normalized spacial score (nSPS) is 39.3. The SMILES string of the molecule is CCC1(OC(=O)CC(=O)O)C2(C)CCC(C2)C1(C)C. The molecular weight excluding hydrogens is 244 g/mol. The van der Waals surface area contributed by atoms with E-state index in [1.165, 1.54) is 6.42 Å². The van der Waals surface area contributed by atoms with Gasteiger partial charge in [-0.2, -0.15) is 0 Å². The second-order valence-corrected chi connectivity index (χ2v) is 6.95. The second-order valence-electron chi connectivity index (χ2n) is 6.95. The van der Waals surface area contributed by atoms with Crippen molar-refractivity contribution in [3.63, 3.8) is 0 Å². The van der Waals surface area contributed by atoms with Crippen molar-refractivity contribution in [1.82, 2.24) is 0 Å². The minimum atomic E-state index is -1.12. The van der Waals surface area contributed by atoms with Crippen molar-refractivity contribution in [1.29, 1.82) is 0 Å². The van der Waals surface area contributed by atoms with Crippen molar-refractivity contribution < 1.29 is 19.4 Å². The van der Waals surface area contributed by atoms with E-state index in [4.69, 9.17) is 9.84 Å². The molecule has 2 saturated carbocycles. The van der Waals surface area contributed by atoms with Crippen LogP contribution in [0, 0.1) is 16.7 Å². The zero-order chi connectivity index (χ0) is 14.5. The number of carboxylic acids is 1. The second kappa shape index (κ2) is 4.22. The summed E-state index contributed by atoms with van der Waals surface area (Å²) in [6.07, 6.45) is 3.53. The smallest absolute Gasteiger partial charge is 0.317 e. The van der Waals surface area contributed by atoms with Crippen LogP contribution in [-0.4, -0.2) is 22.6 Å². The van der Waals surface area contributed by atoms with Gasteiger partial charge in [0.2, 0.25) is 0 Å². The monoisotopic (exact) mass is 268 g/mol. The molecule has 3 atom stereocenters. The number of carbonyl (C=O) groups is 2. The van der Waals surface area contributed by atoms with Gasteiger partial charge in [-0.3, -0.25) is 9.59 Å². The van der Waals surface area contributed by atoms with Crippen molar-refractivity contribution in [2.75, 3.05) is 0 Å². The van der Waals surface area contributed by atoms with Gasteiger partial charge in [0.25, 0.3) is 0 Å². The first-order chi connectivity index (χ1) is 8.68. The molecular formula is C15H24O4. The average Bonchev–Trinajstić information content (AvgIpc) is 2.74. The predicted octanol–water partition coefficient (Wildman–Crippen LogP) is 3.00. The fourth-order valence-corrected chi connectivity index (χ4v) is 4.89. The first-order valence-corrected chi connectivity index (χ1v) is 7.12. The highest BCUT2D eigenvalue weighted by atomic mass is 16.6. The van der Waals surface area contributed by atoms with E-state index in [9.17, 15) is 9.59 Å². The first-order valence-electron chi connectivity index (χ1n) is 7.12. The number of fused-ring (bicyclic) bond motifs is 2. The molecule has 0 amide bonds. The fraction of sp³-hybridized carbons (Fsp3) is 0.867. The number of hydrogen-bond acceptors (Lipinski definition) is 3. The van der Waals surface area contributed by atoms with Crippen molar-refractivity contribution in [2.24, 2.45) is 16.7 Å². The maximum absolute atomic E-state index is 11.9. The summed E-state index contributed by atoms with van der Waals surface area (Å²) in [7, 11) is 0. The van der Waals surface area contributed by atoms with E-state index in [1.54, 1.807) is 0 Å². The first kappa shape index (κ1) is 14.4. The summed E-state index contributed by atoms with van der Waals surface area (Å²) in [5.74, 6) is -1.16. The van der Waals surface area contributed by atoms with E-state index < -0.39 is 24.0 Å². The van der Waals surface area contributed by atoms with Crippen LogP contribution in [0.25, 0.3) is 0 Å². The standard InChI is InChI=1S/C15H24O4/c1-5-15(19-12(18)8-11(16)17)13(2,3)10-6-7-14(15,4)9-10/h10H,5-9H2,1-4H3,(H,16,17). The maximum Gasteiger partial charge on any atom is 0.317 e. The van der Waals surface area contributed by atoms with Crippen LogP contribution in [0.3, 0.4) is 0 Å². The molecule has 0 aromatic heterocycles. The minimum Gasteiger partial charge on any atom is -0.481 e. The van der Waals surface area contributed by atoms with Gasteiger partial charge in [0.1, 0.15) is 12.0 Å². The summed E-state index contributed by atoms with van der Waals surface area (Å²) in [4.78, 5) is 22.6. The van der Waals surface area contributed by atoms with Crippen LogP contribution in [0.5, 0.6) is 0 Å². The quantitative estimate of drug-likeness (QED) is 0.629. The van der Waals surface area contributed by atoms with Crippen molar-refractivity contribution in [3.8, 4) is 0 Å². The summed E-state index contributed by atoms with van der Waals surface area (Å²) < 4.78 is 5.79. The third kappa shape index (κ3) is 1.79. The number of ether oxygens (including phenoxy) is 1. The van der Waals surface area contributed by atoms with Gasteiger partial charge < -0.3 is 9.84 Å². The average molecular weight is 268 g/mol. The van der Waals surface area contributed by atoms with E-state index in [-0.39, 0.29) is 10.8 Å². The third-order valence-corrected chi connectivity index (χ3v) is 5.86. The zero-order valence-corrected chi connectivity index (χ0v) is 12.3. The summed E-state index contributed by atoms with van der Waals surface area (Å²) in [5.41, 5.74) is -0.609. The molecule has 0 aromatic rings.